The highest BCUT2D eigenvalue weighted by Gasteiger charge is 2.24. The van der Waals surface area contributed by atoms with Gasteiger partial charge in [0.25, 0.3) is 5.56 Å². The number of nitrogens with zero attached hydrogens (tertiary/aromatic N) is 2. The predicted octanol–water partition coefficient (Wildman–Crippen LogP) is 4.66. The molecule has 0 fully saturated rings. The lowest BCUT2D eigenvalue weighted by atomic mass is 9.95. The van der Waals surface area contributed by atoms with Crippen LogP contribution in [0.3, 0.4) is 0 Å². The van der Waals surface area contributed by atoms with Crippen LogP contribution in [0.5, 0.6) is 5.75 Å². The number of ether oxygens (including phenoxy) is 1. The molecule has 160 valence electrons. The lowest BCUT2D eigenvalue weighted by Gasteiger charge is -2.16. The van der Waals surface area contributed by atoms with E-state index in [1.165, 1.54) is 4.68 Å². The second-order valence-corrected chi connectivity index (χ2v) is 7.33. The molecule has 0 bridgehead atoms. The second-order valence-electron chi connectivity index (χ2n) is 7.33. The summed E-state index contributed by atoms with van der Waals surface area (Å²) in [7, 11) is 0. The van der Waals surface area contributed by atoms with E-state index in [2.05, 4.69) is 5.10 Å². The maximum Gasteiger partial charge on any atom is 0.342 e. The molecule has 0 aliphatic heterocycles. The Labute approximate surface area is 185 Å². The van der Waals surface area contributed by atoms with Crippen molar-refractivity contribution < 1.29 is 14.6 Å². The molecule has 6 nitrogen and oxygen atoms in total. The molecule has 4 rings (SSSR count). The summed E-state index contributed by atoms with van der Waals surface area (Å²) in [5.74, 6) is -0.618. The summed E-state index contributed by atoms with van der Waals surface area (Å²) in [5, 5.41) is 14.5. The average Bonchev–Trinajstić information content (AvgIpc) is 2.82. The fraction of sp³-hybridized carbons (Fsp3) is 0.115. The molecule has 1 aromatic heterocycles. The zero-order chi connectivity index (χ0) is 22.5. The van der Waals surface area contributed by atoms with E-state index in [0.29, 0.717) is 22.6 Å². The molecule has 1 heterocycles. The molecule has 6 heteroatoms. The van der Waals surface area contributed by atoms with Crippen molar-refractivity contribution in [3.8, 4) is 28.1 Å². The predicted molar refractivity (Wildman–Crippen MR) is 123 cm³/mol. The van der Waals surface area contributed by atoms with Gasteiger partial charge in [0.15, 0.2) is 0 Å². The van der Waals surface area contributed by atoms with Crippen molar-refractivity contribution in [2.45, 2.75) is 13.5 Å². The number of rotatable bonds is 7. The Morgan fingerprint density at radius 3 is 2.09 bits per heavy atom. The maximum atomic E-state index is 13.1. The van der Waals surface area contributed by atoms with Crippen molar-refractivity contribution in [1.82, 2.24) is 9.78 Å². The second kappa shape index (κ2) is 9.31. The Morgan fingerprint density at radius 1 is 0.906 bits per heavy atom. The summed E-state index contributed by atoms with van der Waals surface area (Å²) in [5.41, 5.74) is 2.24. The van der Waals surface area contributed by atoms with E-state index in [1.54, 1.807) is 24.3 Å². The summed E-state index contributed by atoms with van der Waals surface area (Å²) >= 11 is 0. The number of carboxylic acid groups (broad SMARTS) is 1. The fourth-order valence-electron chi connectivity index (χ4n) is 3.49. The molecule has 1 N–H and O–H groups in total. The third-order valence-corrected chi connectivity index (χ3v) is 5.07. The highest BCUT2D eigenvalue weighted by atomic mass is 16.5. The van der Waals surface area contributed by atoms with Gasteiger partial charge in [0.1, 0.15) is 17.9 Å². The number of hydrogen-bond donors (Lipinski definition) is 1. The van der Waals surface area contributed by atoms with Gasteiger partial charge in [-0.2, -0.15) is 5.10 Å². The van der Waals surface area contributed by atoms with Crippen LogP contribution in [-0.2, 0) is 6.54 Å². The van der Waals surface area contributed by atoms with Gasteiger partial charge in [-0.05, 0) is 24.6 Å². The zero-order valence-corrected chi connectivity index (χ0v) is 17.6. The van der Waals surface area contributed by atoms with Crippen LogP contribution >= 0.6 is 0 Å². The number of carboxylic acids is 1. The summed E-state index contributed by atoms with van der Waals surface area (Å²) in [6.07, 6.45) is 0. The van der Waals surface area contributed by atoms with Gasteiger partial charge in [0.05, 0.1) is 12.2 Å². The van der Waals surface area contributed by atoms with Gasteiger partial charge in [-0.25, -0.2) is 9.48 Å². The molecule has 32 heavy (non-hydrogen) atoms. The van der Waals surface area contributed by atoms with Crippen molar-refractivity contribution in [3.05, 3.63) is 106 Å². The van der Waals surface area contributed by atoms with Crippen LogP contribution in [0.1, 0.15) is 15.9 Å². The molecule has 0 amide bonds. The SMILES string of the molecule is Cc1ccc(OCCn2nc(-c3ccccc3)c(-c3ccccc3)c(C(=O)O)c2=O)cc1. The molecule has 0 spiro atoms. The van der Waals surface area contributed by atoms with Crippen molar-refractivity contribution >= 4 is 5.97 Å². The Kier molecular flexibility index (Phi) is 6.12. The Morgan fingerprint density at radius 2 is 1.50 bits per heavy atom. The van der Waals surface area contributed by atoms with E-state index < -0.39 is 11.5 Å². The van der Waals surface area contributed by atoms with Gasteiger partial charge in [0, 0.05) is 11.1 Å². The van der Waals surface area contributed by atoms with Gasteiger partial charge >= 0.3 is 5.97 Å². The molecule has 0 saturated carbocycles. The van der Waals surface area contributed by atoms with Crippen LogP contribution in [-0.4, -0.2) is 27.5 Å². The number of aromatic carboxylic acids is 1. The van der Waals surface area contributed by atoms with Crippen molar-refractivity contribution in [2.24, 2.45) is 0 Å². The highest BCUT2D eigenvalue weighted by Crippen LogP contribution is 2.31. The molecular formula is C26H22N2O4. The maximum absolute atomic E-state index is 13.1. The van der Waals surface area contributed by atoms with Crippen molar-refractivity contribution in [3.63, 3.8) is 0 Å². The fourth-order valence-corrected chi connectivity index (χ4v) is 3.49. The molecule has 0 saturated heterocycles. The highest BCUT2D eigenvalue weighted by molar-refractivity contribution is 5.99. The Bertz CT molecular complexity index is 1280. The number of aromatic nitrogens is 2. The molecular weight excluding hydrogens is 404 g/mol. The summed E-state index contributed by atoms with van der Waals surface area (Å²) in [6, 6.07) is 25.8. The lowest BCUT2D eigenvalue weighted by Crippen LogP contribution is -2.32. The minimum Gasteiger partial charge on any atom is -0.492 e. The van der Waals surface area contributed by atoms with E-state index in [1.807, 2.05) is 67.6 Å². The first-order chi connectivity index (χ1) is 15.5. The van der Waals surface area contributed by atoms with Gasteiger partial charge in [-0.15, -0.1) is 0 Å². The third kappa shape index (κ3) is 4.44. The lowest BCUT2D eigenvalue weighted by molar-refractivity contribution is 0.0694. The van der Waals surface area contributed by atoms with Gasteiger partial charge in [0.2, 0.25) is 0 Å². The van der Waals surface area contributed by atoms with E-state index >= 15 is 0 Å². The van der Waals surface area contributed by atoms with Crippen LogP contribution < -0.4 is 10.3 Å². The molecule has 3 aromatic carbocycles. The minimum atomic E-state index is -1.29. The number of benzene rings is 3. The first-order valence-electron chi connectivity index (χ1n) is 10.2. The van der Waals surface area contributed by atoms with Crippen LogP contribution in [0.15, 0.2) is 89.7 Å². The molecule has 0 aliphatic carbocycles. The quantitative estimate of drug-likeness (QED) is 0.465. The van der Waals surface area contributed by atoms with E-state index in [-0.39, 0.29) is 18.7 Å². The first kappa shape index (κ1) is 21.1. The van der Waals surface area contributed by atoms with Gasteiger partial charge in [-0.3, -0.25) is 4.79 Å². The van der Waals surface area contributed by atoms with Crippen LogP contribution in [0.25, 0.3) is 22.4 Å². The minimum absolute atomic E-state index is 0.113. The zero-order valence-electron chi connectivity index (χ0n) is 17.6. The topological polar surface area (TPSA) is 81.4 Å². The number of aryl methyl sites for hydroxylation is 1. The van der Waals surface area contributed by atoms with Crippen LogP contribution in [0, 0.1) is 6.92 Å². The van der Waals surface area contributed by atoms with Crippen molar-refractivity contribution in [1.29, 1.82) is 0 Å². The molecule has 0 unspecified atom stereocenters. The van der Waals surface area contributed by atoms with Crippen molar-refractivity contribution in [2.75, 3.05) is 6.61 Å². The summed E-state index contributed by atoms with van der Waals surface area (Å²) in [6.45, 7) is 2.27. The molecule has 0 aliphatic rings. The molecule has 4 aromatic rings. The summed E-state index contributed by atoms with van der Waals surface area (Å²) < 4.78 is 6.91. The monoisotopic (exact) mass is 426 g/mol. The Hall–Kier alpha value is -4.19. The molecule has 0 atom stereocenters. The van der Waals surface area contributed by atoms with E-state index in [4.69, 9.17) is 4.74 Å². The standard InChI is InChI=1S/C26H22N2O4/c1-18-12-14-21(15-13-18)32-17-16-28-25(29)23(26(30)31)22(19-8-4-2-5-9-19)24(27-28)20-10-6-3-7-11-20/h2-15H,16-17H2,1H3,(H,30,31). The largest absolute Gasteiger partial charge is 0.492 e. The average molecular weight is 426 g/mol. The first-order valence-corrected chi connectivity index (χ1v) is 10.2. The molecule has 0 radical (unpaired) electrons. The van der Waals surface area contributed by atoms with Crippen LogP contribution in [0.2, 0.25) is 0 Å². The van der Waals surface area contributed by atoms with E-state index in [0.717, 1.165) is 11.1 Å². The van der Waals surface area contributed by atoms with Gasteiger partial charge in [-0.1, -0.05) is 78.4 Å². The van der Waals surface area contributed by atoms with E-state index in [9.17, 15) is 14.7 Å². The third-order valence-electron chi connectivity index (χ3n) is 5.07. The number of carbonyl (C=O) groups is 1. The van der Waals surface area contributed by atoms with Crippen LogP contribution in [0.4, 0.5) is 0 Å². The Balaban J connectivity index is 1.79. The summed E-state index contributed by atoms with van der Waals surface area (Å²) in [4.78, 5) is 25.3. The number of hydrogen-bond acceptors (Lipinski definition) is 4. The van der Waals surface area contributed by atoms with Gasteiger partial charge < -0.3 is 9.84 Å². The smallest absolute Gasteiger partial charge is 0.342 e. The normalized spacial score (nSPS) is 10.7.